The summed E-state index contributed by atoms with van der Waals surface area (Å²) < 4.78 is 0. The van der Waals surface area contributed by atoms with Crippen LogP contribution in [-0.4, -0.2) is 0 Å². The Bertz CT molecular complexity index is 996. The molecule has 2 nitrogen and oxygen atoms in total. The van der Waals surface area contributed by atoms with Gasteiger partial charge in [-0.05, 0) is 29.2 Å². The summed E-state index contributed by atoms with van der Waals surface area (Å²) in [6.07, 6.45) is 0.907. The van der Waals surface area contributed by atoms with Gasteiger partial charge < -0.3 is 0 Å². The highest BCUT2D eigenvalue weighted by molar-refractivity contribution is 5.67. The molecule has 2 heteroatoms. The number of benzene rings is 3. The second-order valence-electron chi connectivity index (χ2n) is 6.76. The van der Waals surface area contributed by atoms with Crippen molar-refractivity contribution in [2.24, 2.45) is 0 Å². The Morgan fingerprint density at radius 2 is 1.26 bits per heavy atom. The summed E-state index contributed by atoms with van der Waals surface area (Å²) in [6, 6.07) is 35.8. The summed E-state index contributed by atoms with van der Waals surface area (Å²) in [5.74, 6) is 0.867. The Morgan fingerprint density at radius 1 is 0.667 bits per heavy atom. The van der Waals surface area contributed by atoms with Crippen LogP contribution in [-0.2, 0) is 6.42 Å². The largest absolute Gasteiger partial charge is 0.287 e. The van der Waals surface area contributed by atoms with E-state index in [2.05, 4.69) is 96.0 Å². The van der Waals surface area contributed by atoms with Gasteiger partial charge in [0.1, 0.15) is 5.69 Å². The maximum atomic E-state index is 6.16. The van der Waals surface area contributed by atoms with Crippen LogP contribution in [0.5, 0.6) is 0 Å². The van der Waals surface area contributed by atoms with E-state index in [1.165, 1.54) is 22.3 Å². The number of anilines is 1. The third-order valence-electron chi connectivity index (χ3n) is 4.92. The Labute approximate surface area is 160 Å². The molecule has 4 aromatic rings. The first-order valence-electron chi connectivity index (χ1n) is 9.27. The first-order chi connectivity index (χ1) is 13.3. The molecule has 0 aliphatic carbocycles. The van der Waals surface area contributed by atoms with Crippen molar-refractivity contribution in [2.75, 3.05) is 5.73 Å². The van der Waals surface area contributed by atoms with Gasteiger partial charge in [-0.25, -0.2) is 4.98 Å². The fraction of sp³-hybridized carbons (Fsp3) is 0.0800. The monoisotopic (exact) mass is 351 g/mol. The summed E-state index contributed by atoms with van der Waals surface area (Å²) in [5, 5.41) is 0. The van der Waals surface area contributed by atoms with E-state index in [0.717, 1.165) is 12.1 Å². The third-order valence-corrected chi connectivity index (χ3v) is 4.92. The van der Waals surface area contributed by atoms with E-state index in [-0.39, 0.29) is 5.92 Å². The molecule has 0 amide bonds. The van der Waals surface area contributed by atoms with Crippen molar-refractivity contribution in [3.8, 4) is 11.1 Å². The lowest BCUT2D eigenvalue weighted by Crippen LogP contribution is -2.22. The molecule has 0 fully saturated rings. The molecule has 3 N–H and O–H groups in total. The number of aromatic amines is 1. The molecule has 0 saturated heterocycles. The van der Waals surface area contributed by atoms with Gasteiger partial charge in [0, 0.05) is 11.6 Å². The van der Waals surface area contributed by atoms with E-state index in [9.17, 15) is 0 Å². The highest BCUT2D eigenvalue weighted by Gasteiger charge is 2.23. The van der Waals surface area contributed by atoms with Crippen molar-refractivity contribution < 1.29 is 4.98 Å². The lowest BCUT2D eigenvalue weighted by atomic mass is 9.85. The van der Waals surface area contributed by atoms with E-state index in [1.807, 2.05) is 12.1 Å². The lowest BCUT2D eigenvalue weighted by molar-refractivity contribution is -0.374. The lowest BCUT2D eigenvalue weighted by Gasteiger charge is -2.19. The molecule has 3 aromatic carbocycles. The highest BCUT2D eigenvalue weighted by atomic mass is 14.8. The third kappa shape index (κ3) is 3.90. The molecule has 1 atom stereocenters. The summed E-state index contributed by atoms with van der Waals surface area (Å²) >= 11 is 0. The molecule has 1 unspecified atom stereocenters. The number of aromatic nitrogens is 1. The summed E-state index contributed by atoms with van der Waals surface area (Å²) in [5.41, 5.74) is 12.3. The van der Waals surface area contributed by atoms with E-state index < -0.39 is 0 Å². The van der Waals surface area contributed by atoms with E-state index >= 15 is 0 Å². The van der Waals surface area contributed by atoms with Gasteiger partial charge in [-0.2, -0.15) is 0 Å². The SMILES string of the molecule is Nc1ccc(-c2ccccc2)c(C(Cc2ccccc2)c2ccccc2)[nH+]1. The number of rotatable bonds is 5. The molecule has 0 aliphatic rings. The van der Waals surface area contributed by atoms with Gasteiger partial charge in [0.15, 0.2) is 0 Å². The zero-order valence-corrected chi connectivity index (χ0v) is 15.2. The van der Waals surface area contributed by atoms with Crippen LogP contribution in [0.2, 0.25) is 0 Å². The van der Waals surface area contributed by atoms with Gasteiger partial charge in [-0.15, -0.1) is 0 Å². The minimum atomic E-state index is 0.187. The first-order valence-corrected chi connectivity index (χ1v) is 9.27. The van der Waals surface area contributed by atoms with Crippen LogP contribution >= 0.6 is 0 Å². The normalized spacial score (nSPS) is 11.9. The second-order valence-corrected chi connectivity index (χ2v) is 6.76. The molecule has 1 heterocycles. The molecular weight excluding hydrogens is 328 g/mol. The van der Waals surface area contributed by atoms with E-state index in [4.69, 9.17) is 5.73 Å². The number of hydrogen-bond acceptors (Lipinski definition) is 1. The van der Waals surface area contributed by atoms with Gasteiger partial charge in [-0.1, -0.05) is 91.0 Å². The number of hydrogen-bond donors (Lipinski definition) is 1. The molecule has 0 saturated carbocycles. The number of nitrogens with two attached hydrogens (primary N) is 1. The summed E-state index contributed by atoms with van der Waals surface area (Å²) in [7, 11) is 0. The van der Waals surface area contributed by atoms with Gasteiger partial charge in [0.05, 0.1) is 5.92 Å². The Balaban J connectivity index is 1.86. The van der Waals surface area contributed by atoms with Crippen LogP contribution in [0.4, 0.5) is 5.82 Å². The number of nitrogens with one attached hydrogen (secondary N) is 1. The van der Waals surface area contributed by atoms with Crippen LogP contribution in [0.15, 0.2) is 103 Å². The fourth-order valence-corrected chi connectivity index (χ4v) is 3.59. The van der Waals surface area contributed by atoms with Gasteiger partial charge in [0.25, 0.3) is 5.82 Å². The Morgan fingerprint density at radius 3 is 1.93 bits per heavy atom. The minimum Gasteiger partial charge on any atom is -0.287 e. The molecular formula is C25H23N2+. The number of nitrogen functional groups attached to an aromatic ring is 1. The highest BCUT2D eigenvalue weighted by Crippen LogP contribution is 2.33. The van der Waals surface area contributed by atoms with Gasteiger partial charge >= 0.3 is 0 Å². The average molecular weight is 351 g/mol. The smallest absolute Gasteiger partial charge is 0.270 e. The average Bonchev–Trinajstić information content (AvgIpc) is 2.74. The van der Waals surface area contributed by atoms with Crippen molar-refractivity contribution in [3.63, 3.8) is 0 Å². The maximum absolute atomic E-state index is 6.16. The molecule has 27 heavy (non-hydrogen) atoms. The standard InChI is InChI=1S/C25H22N2/c26-24-17-16-22(20-12-6-2-7-13-20)25(27-24)23(21-14-8-3-9-15-21)18-19-10-4-1-5-11-19/h1-17,23H,18H2,(H2,26,27)/p+1. The van der Waals surface area contributed by atoms with Gasteiger partial charge in [0.2, 0.25) is 0 Å². The first kappa shape index (κ1) is 17.0. The van der Waals surface area contributed by atoms with Crippen molar-refractivity contribution in [1.29, 1.82) is 0 Å². The van der Waals surface area contributed by atoms with Crippen LogP contribution in [0.3, 0.4) is 0 Å². The zero-order chi connectivity index (χ0) is 18.5. The van der Waals surface area contributed by atoms with Crippen LogP contribution in [0.25, 0.3) is 11.1 Å². The van der Waals surface area contributed by atoms with E-state index in [1.54, 1.807) is 0 Å². The molecule has 132 valence electrons. The molecule has 0 radical (unpaired) electrons. The molecule has 1 aromatic heterocycles. The Hall–Kier alpha value is -3.39. The predicted octanol–water partition coefficient (Wildman–Crippen LogP) is 5.12. The second kappa shape index (κ2) is 7.88. The number of pyridine rings is 1. The molecule has 0 bridgehead atoms. The predicted molar refractivity (Wildman–Crippen MR) is 111 cm³/mol. The Kier molecular flexibility index (Phi) is 4.97. The van der Waals surface area contributed by atoms with E-state index in [0.29, 0.717) is 5.82 Å². The zero-order valence-electron chi connectivity index (χ0n) is 15.2. The van der Waals surface area contributed by atoms with Crippen LogP contribution in [0, 0.1) is 0 Å². The number of H-pyrrole nitrogens is 1. The van der Waals surface area contributed by atoms with Crippen LogP contribution < -0.4 is 10.7 Å². The summed E-state index contributed by atoms with van der Waals surface area (Å²) in [4.78, 5) is 3.47. The summed E-state index contributed by atoms with van der Waals surface area (Å²) in [6.45, 7) is 0. The van der Waals surface area contributed by atoms with Crippen LogP contribution in [0.1, 0.15) is 22.7 Å². The van der Waals surface area contributed by atoms with Crippen molar-refractivity contribution in [1.82, 2.24) is 0 Å². The quantitative estimate of drug-likeness (QED) is 0.532. The van der Waals surface area contributed by atoms with Crippen molar-refractivity contribution >= 4 is 5.82 Å². The molecule has 0 aliphatic heterocycles. The maximum Gasteiger partial charge on any atom is 0.270 e. The van der Waals surface area contributed by atoms with Crippen molar-refractivity contribution in [3.05, 3.63) is 120 Å². The van der Waals surface area contributed by atoms with Crippen molar-refractivity contribution in [2.45, 2.75) is 12.3 Å². The fourth-order valence-electron chi connectivity index (χ4n) is 3.59. The van der Waals surface area contributed by atoms with Gasteiger partial charge in [-0.3, -0.25) is 5.73 Å². The molecule has 0 spiro atoms. The molecule has 4 rings (SSSR count). The topological polar surface area (TPSA) is 40.2 Å². The minimum absolute atomic E-state index is 0.187.